The molecule has 310 valence electrons. The van der Waals surface area contributed by atoms with E-state index in [9.17, 15) is 0 Å². The van der Waals surface area contributed by atoms with Crippen LogP contribution >= 0.6 is 31.9 Å². The maximum absolute atomic E-state index is 3.20. The molecule has 4 unspecified atom stereocenters. The summed E-state index contributed by atoms with van der Waals surface area (Å²) in [6.07, 6.45) is 17.6. The summed E-state index contributed by atoms with van der Waals surface area (Å²) in [5.74, 6) is 5.71. The molecule has 0 saturated heterocycles. The standard InChI is InChI=1S/C28H22.C13H22.C13H10.C2H4Br2.C2H6.Li/c1-5-13-23-19(9-1)20-10-2-6-14-24(20)27(23)17-18-28-25-15-7-3-11-21(25)22-12-4-8-16-26(22)28;2*1-3-7-12-10(5-1)9-11-6-2-4-8-13(11)12;3-1-2-4;1-2;/h1-16,27-28H,17-18H2;10-13H,1-9H2;1-8H,9H2;1-2H2;1-2H3;/q;;;;;+1. The van der Waals surface area contributed by atoms with Gasteiger partial charge in [-0.25, -0.2) is 0 Å². The molecule has 0 amide bonds. The van der Waals surface area contributed by atoms with Gasteiger partial charge in [-0.2, -0.15) is 0 Å². The number of halogens is 2. The second-order valence-corrected chi connectivity index (χ2v) is 19.1. The molecular weight excluding hydrogens is 863 g/mol. The average molecular weight is 928 g/mol. The molecule has 0 aliphatic heterocycles. The number of hydrogen-bond acceptors (Lipinski definition) is 0. The van der Waals surface area contributed by atoms with Crippen LogP contribution in [0.15, 0.2) is 146 Å². The summed E-state index contributed by atoms with van der Waals surface area (Å²) >= 11 is 6.40. The number of alkyl halides is 2. The Morgan fingerprint density at radius 1 is 0.393 bits per heavy atom. The van der Waals surface area contributed by atoms with E-state index < -0.39 is 0 Å². The predicted molar refractivity (Wildman–Crippen MR) is 266 cm³/mol. The molecule has 6 aromatic carbocycles. The van der Waals surface area contributed by atoms with Gasteiger partial charge in [-0.3, -0.25) is 0 Å². The van der Waals surface area contributed by atoms with Crippen molar-refractivity contribution >= 4 is 31.9 Å². The molecule has 4 atom stereocenters. The molecule has 3 saturated carbocycles. The van der Waals surface area contributed by atoms with Gasteiger partial charge in [-0.05, 0) is 129 Å². The smallest absolute Gasteiger partial charge is 0.0919 e. The first-order valence-electron chi connectivity index (χ1n) is 23.4. The molecular formula is C58H64Br2Li+. The van der Waals surface area contributed by atoms with Crippen LogP contribution in [-0.4, -0.2) is 10.7 Å². The average Bonchev–Trinajstić information content (AvgIpc) is 4.08. The monoisotopic (exact) mass is 925 g/mol. The summed E-state index contributed by atoms with van der Waals surface area (Å²) in [6, 6.07) is 53.2. The van der Waals surface area contributed by atoms with Gasteiger partial charge in [0, 0.05) is 22.5 Å². The van der Waals surface area contributed by atoms with Gasteiger partial charge in [-0.15, -0.1) is 0 Å². The minimum atomic E-state index is 0. The van der Waals surface area contributed by atoms with E-state index in [1.807, 2.05) is 13.8 Å². The van der Waals surface area contributed by atoms with Crippen molar-refractivity contribution in [2.75, 3.05) is 10.7 Å². The van der Waals surface area contributed by atoms with Gasteiger partial charge in [-0.1, -0.05) is 230 Å². The van der Waals surface area contributed by atoms with E-state index >= 15 is 0 Å². The predicted octanol–water partition coefficient (Wildman–Crippen LogP) is 14.5. The van der Waals surface area contributed by atoms with E-state index in [2.05, 4.69) is 177 Å². The van der Waals surface area contributed by atoms with Gasteiger partial charge < -0.3 is 0 Å². The molecule has 3 fully saturated rings. The summed E-state index contributed by atoms with van der Waals surface area (Å²) in [6.45, 7) is 4.00. The van der Waals surface area contributed by atoms with E-state index in [4.69, 9.17) is 0 Å². The van der Waals surface area contributed by atoms with Gasteiger partial charge in [0.05, 0.1) is 0 Å². The van der Waals surface area contributed by atoms with Crippen LogP contribution in [0.3, 0.4) is 0 Å². The molecule has 61 heavy (non-hydrogen) atoms. The van der Waals surface area contributed by atoms with E-state index in [1.165, 1.54) is 103 Å². The third-order valence-corrected chi connectivity index (χ3v) is 16.4. The molecule has 0 spiro atoms. The van der Waals surface area contributed by atoms with Gasteiger partial charge >= 0.3 is 18.9 Å². The fourth-order valence-electron chi connectivity index (χ4n) is 12.1. The fourth-order valence-corrected chi connectivity index (χ4v) is 12.1. The van der Waals surface area contributed by atoms with Crippen molar-refractivity contribution < 1.29 is 18.9 Å². The molecule has 0 radical (unpaired) electrons. The molecule has 0 N–H and O–H groups in total. The van der Waals surface area contributed by atoms with Gasteiger partial charge in [0.25, 0.3) is 0 Å². The zero-order chi connectivity index (χ0) is 41.3. The molecule has 0 heterocycles. The Kier molecular flexibility index (Phi) is 16.9. The summed E-state index contributed by atoms with van der Waals surface area (Å²) in [5.41, 5.74) is 17.5. The van der Waals surface area contributed by atoms with Crippen molar-refractivity contribution in [3.8, 4) is 33.4 Å². The Labute approximate surface area is 397 Å². The first-order chi connectivity index (χ1) is 29.7. The number of rotatable bonds is 4. The van der Waals surface area contributed by atoms with E-state index in [-0.39, 0.29) is 18.9 Å². The molecule has 12 rings (SSSR count). The van der Waals surface area contributed by atoms with Crippen molar-refractivity contribution in [2.45, 2.75) is 103 Å². The number of hydrogen-bond donors (Lipinski definition) is 0. The second-order valence-electron chi connectivity index (χ2n) is 17.6. The maximum atomic E-state index is 3.20. The van der Waals surface area contributed by atoms with Crippen molar-refractivity contribution in [3.05, 3.63) is 179 Å². The zero-order valence-corrected chi connectivity index (χ0v) is 40.1. The topological polar surface area (TPSA) is 0 Å². The Hall–Kier alpha value is -3.12. The van der Waals surface area contributed by atoms with Crippen LogP contribution < -0.4 is 18.9 Å². The van der Waals surface area contributed by atoms with Crippen LogP contribution in [-0.2, 0) is 6.42 Å². The van der Waals surface area contributed by atoms with Crippen LogP contribution in [0.4, 0.5) is 0 Å². The number of benzene rings is 6. The molecule has 0 aromatic heterocycles. The summed E-state index contributed by atoms with van der Waals surface area (Å²) in [7, 11) is 0. The fraction of sp³-hybridized carbons (Fsp3) is 0.379. The van der Waals surface area contributed by atoms with E-state index in [0.29, 0.717) is 11.8 Å². The van der Waals surface area contributed by atoms with Crippen molar-refractivity contribution in [1.82, 2.24) is 0 Å². The van der Waals surface area contributed by atoms with Crippen LogP contribution in [0.1, 0.15) is 130 Å². The van der Waals surface area contributed by atoms with Gasteiger partial charge in [0.1, 0.15) is 0 Å². The SMILES string of the molecule is BrCCBr.C1CCC2C(C1)CC1CCCCC12.CC.[Li+].c1ccc2c(c1)-c1ccccc1C2CCC1c2ccccc2-c2ccccc21.c1ccc2c(c1)Cc1ccccc1-2. The second kappa shape index (κ2) is 22.5. The normalized spacial score (nSPS) is 20.5. The molecule has 0 nitrogen and oxygen atoms in total. The largest absolute Gasteiger partial charge is 1.00 e. The Balaban J connectivity index is 0.000000142. The molecule has 6 aromatic rings. The maximum Gasteiger partial charge on any atom is 1.00 e. The van der Waals surface area contributed by atoms with Crippen LogP contribution in [0.25, 0.3) is 33.4 Å². The summed E-state index contributed by atoms with van der Waals surface area (Å²) in [4.78, 5) is 0. The third-order valence-electron chi connectivity index (χ3n) is 14.5. The first kappa shape index (κ1) is 45.9. The van der Waals surface area contributed by atoms with Crippen molar-refractivity contribution in [1.29, 1.82) is 0 Å². The zero-order valence-electron chi connectivity index (χ0n) is 37.0. The Bertz CT molecular complexity index is 2060. The van der Waals surface area contributed by atoms with E-state index in [0.717, 1.165) is 17.1 Å². The molecule has 6 aliphatic rings. The first-order valence-corrected chi connectivity index (χ1v) is 25.6. The minimum absolute atomic E-state index is 0. The van der Waals surface area contributed by atoms with Crippen LogP contribution in [0.5, 0.6) is 0 Å². The minimum Gasteiger partial charge on any atom is -0.0919 e. The molecule has 0 bridgehead atoms. The van der Waals surface area contributed by atoms with E-state index in [1.54, 1.807) is 57.8 Å². The Morgan fingerprint density at radius 3 is 1.03 bits per heavy atom. The third kappa shape index (κ3) is 10.00. The Morgan fingerprint density at radius 2 is 0.689 bits per heavy atom. The summed E-state index contributed by atoms with van der Waals surface area (Å²) in [5, 5.41) is 2.10. The van der Waals surface area contributed by atoms with Crippen LogP contribution in [0, 0.1) is 23.7 Å². The van der Waals surface area contributed by atoms with Gasteiger partial charge in [0.2, 0.25) is 0 Å². The molecule has 6 aliphatic carbocycles. The number of fused-ring (bicyclic) bond motifs is 12. The molecule has 3 heteroatoms. The van der Waals surface area contributed by atoms with Crippen LogP contribution in [0.2, 0.25) is 0 Å². The van der Waals surface area contributed by atoms with Crippen molar-refractivity contribution in [3.63, 3.8) is 0 Å². The summed E-state index contributed by atoms with van der Waals surface area (Å²) < 4.78 is 0. The quantitative estimate of drug-likeness (QED) is 0.122. The van der Waals surface area contributed by atoms with Crippen molar-refractivity contribution in [2.24, 2.45) is 23.7 Å². The van der Waals surface area contributed by atoms with Gasteiger partial charge in [0.15, 0.2) is 0 Å².